The van der Waals surface area contributed by atoms with Crippen LogP contribution >= 0.6 is 34.5 Å². The van der Waals surface area contributed by atoms with Gasteiger partial charge < -0.3 is 20.5 Å². The monoisotopic (exact) mass is 622 g/mol. The highest BCUT2D eigenvalue weighted by molar-refractivity contribution is 7.13. The number of esters is 1. The number of aliphatic hydroxyl groups is 1. The molecule has 0 radical (unpaired) electrons. The minimum atomic E-state index is -1.69. The number of aromatic nitrogens is 1. The Morgan fingerprint density at radius 1 is 1.32 bits per heavy atom. The van der Waals surface area contributed by atoms with Crippen molar-refractivity contribution in [3.05, 3.63) is 80.3 Å². The van der Waals surface area contributed by atoms with E-state index in [0.29, 0.717) is 6.42 Å². The van der Waals surface area contributed by atoms with Gasteiger partial charge in [-0.3, -0.25) is 0 Å². The predicted molar refractivity (Wildman–Crippen MR) is 155 cm³/mol. The number of carbonyl (C=O) groups excluding carboxylic acids is 1. The fourth-order valence-corrected chi connectivity index (χ4v) is 6.56. The van der Waals surface area contributed by atoms with Crippen LogP contribution in [0.2, 0.25) is 10.0 Å². The van der Waals surface area contributed by atoms with E-state index < -0.39 is 47.2 Å². The normalized spacial score (nSPS) is 23.2. The van der Waals surface area contributed by atoms with Crippen LogP contribution in [0.15, 0.2) is 41.8 Å². The Labute approximate surface area is 251 Å². The minimum Gasteiger partial charge on any atom is -0.461 e. The molecule has 0 aliphatic carbocycles. The number of anilines is 1. The second-order valence-corrected chi connectivity index (χ2v) is 12.8. The van der Waals surface area contributed by atoms with Crippen LogP contribution in [0, 0.1) is 28.4 Å². The summed E-state index contributed by atoms with van der Waals surface area (Å²) in [7, 11) is 0. The number of ether oxygens (including phenoxy) is 1. The van der Waals surface area contributed by atoms with Gasteiger partial charge in [0.2, 0.25) is 0 Å². The number of rotatable bonds is 8. The summed E-state index contributed by atoms with van der Waals surface area (Å²) in [6.07, 6.45) is -1.08. The molecule has 1 aliphatic heterocycles. The lowest BCUT2D eigenvalue weighted by Gasteiger charge is -2.38. The summed E-state index contributed by atoms with van der Waals surface area (Å²) >= 11 is 13.3. The zero-order chi connectivity index (χ0) is 30.1. The molecule has 0 saturated carbocycles. The van der Waals surface area contributed by atoms with Gasteiger partial charge in [0.1, 0.15) is 23.3 Å². The number of hydrogen-bond donors (Lipinski definition) is 3. The summed E-state index contributed by atoms with van der Waals surface area (Å²) < 4.78 is 36.5. The maximum Gasteiger partial charge on any atom is 0.357 e. The zero-order valence-corrected chi connectivity index (χ0v) is 25.2. The standard InChI is InChI=1S/C29H30Cl2F2N4O3S/c1-5-40-26(39)20-13-41-27(35-20)37-25(38)24-22(16-7-6-8-18(31)23(16)33)29(14-34,21(36-24)12-28(2,3)4)17-10-9-15(30)11-19(17)32/h6-11,13,21-22,24-25,36,38H,5,12H2,1-4H3,(H,35,37). The molecule has 1 fully saturated rings. The maximum absolute atomic E-state index is 15.8. The molecule has 5 atom stereocenters. The second kappa shape index (κ2) is 12.2. The lowest BCUT2D eigenvalue weighted by atomic mass is 9.62. The highest BCUT2D eigenvalue weighted by Gasteiger charge is 2.61. The second-order valence-electron chi connectivity index (χ2n) is 11.1. The number of thiazole rings is 1. The zero-order valence-electron chi connectivity index (χ0n) is 22.8. The third-order valence-electron chi connectivity index (χ3n) is 7.09. The van der Waals surface area contributed by atoms with E-state index >= 15 is 8.78 Å². The first-order valence-electron chi connectivity index (χ1n) is 13.0. The molecule has 12 heteroatoms. The van der Waals surface area contributed by atoms with Crippen LogP contribution in [0.5, 0.6) is 0 Å². The predicted octanol–water partition coefficient (Wildman–Crippen LogP) is 6.66. The van der Waals surface area contributed by atoms with Gasteiger partial charge in [0.25, 0.3) is 0 Å². The first-order chi connectivity index (χ1) is 19.3. The lowest BCUT2D eigenvalue weighted by molar-refractivity contribution is 0.0520. The summed E-state index contributed by atoms with van der Waals surface area (Å²) in [4.78, 5) is 16.3. The molecule has 3 aromatic rings. The van der Waals surface area contributed by atoms with E-state index in [1.54, 1.807) is 13.0 Å². The van der Waals surface area contributed by atoms with Crippen LogP contribution < -0.4 is 10.6 Å². The molecule has 1 aromatic heterocycles. The molecule has 7 nitrogen and oxygen atoms in total. The average molecular weight is 624 g/mol. The van der Waals surface area contributed by atoms with Gasteiger partial charge in [0, 0.05) is 27.9 Å². The summed E-state index contributed by atoms with van der Waals surface area (Å²) in [5.74, 6) is -3.24. The number of carbonyl (C=O) groups is 1. The Kier molecular flexibility index (Phi) is 9.26. The van der Waals surface area contributed by atoms with Crippen molar-refractivity contribution in [1.29, 1.82) is 5.26 Å². The highest BCUT2D eigenvalue weighted by atomic mass is 35.5. The summed E-state index contributed by atoms with van der Waals surface area (Å²) in [5, 5.41) is 30.3. The van der Waals surface area contributed by atoms with Crippen molar-refractivity contribution in [3.8, 4) is 6.07 Å². The molecule has 4 rings (SSSR count). The fraction of sp³-hybridized carbons (Fsp3) is 0.414. The van der Waals surface area contributed by atoms with Crippen molar-refractivity contribution in [3.63, 3.8) is 0 Å². The number of nitrogens with one attached hydrogen (secondary N) is 2. The average Bonchev–Trinajstić information content (AvgIpc) is 3.48. The SMILES string of the molecule is CCOC(=O)c1csc(NC(O)C2NC(CC(C)(C)C)C(C#N)(c3ccc(Cl)cc3F)C2c2cccc(Cl)c2F)n1. The van der Waals surface area contributed by atoms with Crippen molar-refractivity contribution in [2.45, 2.75) is 63.8 Å². The van der Waals surface area contributed by atoms with Crippen LogP contribution in [0.3, 0.4) is 0 Å². The number of halogens is 4. The Bertz CT molecular complexity index is 1470. The smallest absolute Gasteiger partial charge is 0.357 e. The van der Waals surface area contributed by atoms with Gasteiger partial charge in [0.05, 0.1) is 23.7 Å². The minimum absolute atomic E-state index is 0.0177. The number of hydrogen-bond acceptors (Lipinski definition) is 8. The molecule has 3 N–H and O–H groups in total. The molecule has 218 valence electrons. The van der Waals surface area contributed by atoms with Gasteiger partial charge in [-0.05, 0) is 42.5 Å². The first-order valence-corrected chi connectivity index (χ1v) is 14.6. The third-order valence-corrected chi connectivity index (χ3v) is 8.39. The summed E-state index contributed by atoms with van der Waals surface area (Å²) in [6.45, 7) is 7.76. The van der Waals surface area contributed by atoms with E-state index in [1.807, 2.05) is 20.8 Å². The molecule has 1 saturated heterocycles. The lowest BCUT2D eigenvalue weighted by Crippen LogP contribution is -2.45. The van der Waals surface area contributed by atoms with Crippen molar-refractivity contribution < 1.29 is 23.4 Å². The Hall–Kier alpha value is -2.81. The van der Waals surface area contributed by atoms with Crippen LogP contribution in [0.1, 0.15) is 61.6 Å². The molecule has 2 heterocycles. The third kappa shape index (κ3) is 6.20. The quantitative estimate of drug-likeness (QED) is 0.190. The van der Waals surface area contributed by atoms with Crippen molar-refractivity contribution in [1.82, 2.24) is 10.3 Å². The molecule has 1 aliphatic rings. The van der Waals surface area contributed by atoms with Crippen LogP contribution in [-0.4, -0.2) is 41.0 Å². The molecular formula is C29H30Cl2F2N4O3S. The number of benzene rings is 2. The van der Waals surface area contributed by atoms with Gasteiger partial charge in [-0.25, -0.2) is 18.6 Å². The fourth-order valence-electron chi connectivity index (χ4n) is 5.51. The van der Waals surface area contributed by atoms with Crippen LogP contribution in [-0.2, 0) is 10.2 Å². The molecule has 0 spiro atoms. The van der Waals surface area contributed by atoms with Gasteiger partial charge >= 0.3 is 5.97 Å². The first kappa shape index (κ1) is 31.1. The molecule has 2 aromatic carbocycles. The van der Waals surface area contributed by atoms with E-state index in [1.165, 1.54) is 29.6 Å². The topological polar surface area (TPSA) is 107 Å². The van der Waals surface area contributed by atoms with E-state index in [9.17, 15) is 15.2 Å². The largest absolute Gasteiger partial charge is 0.461 e. The Balaban J connectivity index is 1.88. The van der Waals surface area contributed by atoms with Gasteiger partial charge in [-0.15, -0.1) is 11.3 Å². The summed E-state index contributed by atoms with van der Waals surface area (Å²) in [5.41, 5.74) is -1.93. The Morgan fingerprint density at radius 3 is 2.68 bits per heavy atom. The molecule has 0 bridgehead atoms. The summed E-state index contributed by atoms with van der Waals surface area (Å²) in [6, 6.07) is 9.00. The van der Waals surface area contributed by atoms with Crippen LogP contribution in [0.25, 0.3) is 0 Å². The molecule has 5 unspecified atom stereocenters. The van der Waals surface area contributed by atoms with Crippen molar-refractivity contribution in [2.75, 3.05) is 11.9 Å². The maximum atomic E-state index is 15.8. The van der Waals surface area contributed by atoms with Crippen molar-refractivity contribution in [2.24, 2.45) is 5.41 Å². The van der Waals surface area contributed by atoms with Crippen LogP contribution in [0.4, 0.5) is 13.9 Å². The molecular weight excluding hydrogens is 593 g/mol. The Morgan fingerprint density at radius 2 is 2.05 bits per heavy atom. The van der Waals surface area contributed by atoms with Gasteiger partial charge in [0.15, 0.2) is 10.8 Å². The van der Waals surface area contributed by atoms with E-state index in [0.717, 1.165) is 17.4 Å². The number of aliphatic hydroxyl groups excluding tert-OH is 1. The van der Waals surface area contributed by atoms with Crippen molar-refractivity contribution >= 4 is 45.6 Å². The number of nitrogens with zero attached hydrogens (tertiary/aromatic N) is 2. The van der Waals surface area contributed by atoms with Gasteiger partial charge in [-0.2, -0.15) is 5.26 Å². The molecule has 41 heavy (non-hydrogen) atoms. The van der Waals surface area contributed by atoms with E-state index in [2.05, 4.69) is 21.7 Å². The number of nitriles is 1. The van der Waals surface area contributed by atoms with E-state index in [-0.39, 0.29) is 44.0 Å². The highest BCUT2D eigenvalue weighted by Crippen LogP contribution is 2.53. The molecule has 0 amide bonds. The van der Waals surface area contributed by atoms with E-state index in [4.69, 9.17) is 27.9 Å². The van der Waals surface area contributed by atoms with Gasteiger partial charge in [-0.1, -0.05) is 62.2 Å².